The molecule has 2 aliphatic rings. The summed E-state index contributed by atoms with van der Waals surface area (Å²) in [6.07, 6.45) is 4.08. The number of aliphatic hydroxyl groups is 1. The highest BCUT2D eigenvalue weighted by molar-refractivity contribution is 5.43. The minimum absolute atomic E-state index is 0.0567. The Balaban J connectivity index is 1.69. The molecular formula is C16H23NO2. The quantitative estimate of drug-likeness (QED) is 0.878. The van der Waals surface area contributed by atoms with Crippen molar-refractivity contribution in [1.29, 1.82) is 0 Å². The van der Waals surface area contributed by atoms with Crippen molar-refractivity contribution in [3.63, 3.8) is 0 Å². The van der Waals surface area contributed by atoms with E-state index in [9.17, 15) is 5.11 Å². The summed E-state index contributed by atoms with van der Waals surface area (Å²) in [4.78, 5) is 0. The zero-order valence-corrected chi connectivity index (χ0v) is 11.6. The third-order valence-electron chi connectivity index (χ3n) is 4.37. The summed E-state index contributed by atoms with van der Waals surface area (Å²) >= 11 is 0. The summed E-state index contributed by atoms with van der Waals surface area (Å²) in [5, 5.41) is 13.0. The smallest absolute Gasteiger partial charge is 0.126 e. The number of rotatable bonds is 3. The van der Waals surface area contributed by atoms with E-state index in [4.69, 9.17) is 4.74 Å². The van der Waals surface area contributed by atoms with Gasteiger partial charge in [0.05, 0.1) is 12.7 Å². The van der Waals surface area contributed by atoms with Crippen LogP contribution in [0.5, 0.6) is 5.75 Å². The van der Waals surface area contributed by atoms with Crippen molar-refractivity contribution < 1.29 is 9.84 Å². The second-order valence-corrected chi connectivity index (χ2v) is 5.94. The second-order valence-electron chi connectivity index (χ2n) is 5.94. The molecule has 0 aromatic heterocycles. The predicted octanol–water partition coefficient (Wildman–Crippen LogP) is 2.57. The van der Waals surface area contributed by atoms with Gasteiger partial charge in [-0.15, -0.1) is 0 Å². The van der Waals surface area contributed by atoms with Gasteiger partial charge in [-0.1, -0.05) is 18.2 Å². The van der Waals surface area contributed by atoms with E-state index in [0.717, 1.165) is 44.6 Å². The van der Waals surface area contributed by atoms with Crippen molar-refractivity contribution in [2.45, 2.75) is 44.8 Å². The molecule has 104 valence electrons. The van der Waals surface area contributed by atoms with Crippen LogP contribution in [-0.2, 0) is 0 Å². The standard InChI is InChI=1S/C16H23NO2/c1-11-4-2-5-14-15(6-3-7-19-16(11)14)17-10-12-8-13(18)9-12/h2,4-5,12-13,15,17-18H,3,6-10H2,1H3. The number of nitrogens with one attached hydrogen (secondary N) is 1. The molecule has 1 unspecified atom stereocenters. The van der Waals surface area contributed by atoms with E-state index in [1.54, 1.807) is 0 Å². The Hall–Kier alpha value is -1.06. The number of aryl methyl sites for hydroxylation is 1. The first kappa shape index (κ1) is 12.9. The van der Waals surface area contributed by atoms with Gasteiger partial charge in [-0.25, -0.2) is 0 Å². The summed E-state index contributed by atoms with van der Waals surface area (Å²) in [7, 11) is 0. The molecule has 0 saturated heterocycles. The summed E-state index contributed by atoms with van der Waals surface area (Å²) < 4.78 is 5.89. The topological polar surface area (TPSA) is 41.5 Å². The molecule has 0 spiro atoms. The van der Waals surface area contributed by atoms with Crippen LogP contribution in [-0.4, -0.2) is 24.4 Å². The monoisotopic (exact) mass is 261 g/mol. The van der Waals surface area contributed by atoms with Crippen LogP contribution in [0.25, 0.3) is 0 Å². The van der Waals surface area contributed by atoms with Crippen LogP contribution in [0.1, 0.15) is 42.9 Å². The molecule has 3 rings (SSSR count). The van der Waals surface area contributed by atoms with Crippen molar-refractivity contribution in [1.82, 2.24) is 5.32 Å². The fraction of sp³-hybridized carbons (Fsp3) is 0.625. The highest BCUT2D eigenvalue weighted by Crippen LogP contribution is 2.35. The minimum Gasteiger partial charge on any atom is -0.493 e. The number of fused-ring (bicyclic) bond motifs is 1. The summed E-state index contributed by atoms with van der Waals surface area (Å²) in [6, 6.07) is 6.81. The number of aliphatic hydroxyl groups excluding tert-OH is 1. The number of benzene rings is 1. The van der Waals surface area contributed by atoms with Crippen molar-refractivity contribution in [3.8, 4) is 5.75 Å². The highest BCUT2D eigenvalue weighted by atomic mass is 16.5. The molecule has 1 saturated carbocycles. The zero-order valence-electron chi connectivity index (χ0n) is 11.6. The van der Waals surface area contributed by atoms with Crippen LogP contribution in [0.15, 0.2) is 18.2 Å². The second kappa shape index (κ2) is 5.51. The van der Waals surface area contributed by atoms with Crippen molar-refractivity contribution >= 4 is 0 Å². The van der Waals surface area contributed by atoms with Crippen LogP contribution >= 0.6 is 0 Å². The molecular weight excluding hydrogens is 238 g/mol. The van der Waals surface area contributed by atoms with E-state index in [1.165, 1.54) is 11.1 Å². The molecule has 1 fully saturated rings. The molecule has 1 heterocycles. The van der Waals surface area contributed by atoms with E-state index < -0.39 is 0 Å². The first-order valence-corrected chi connectivity index (χ1v) is 7.38. The molecule has 0 bridgehead atoms. The van der Waals surface area contributed by atoms with Gasteiger partial charge in [-0.2, -0.15) is 0 Å². The lowest BCUT2D eigenvalue weighted by Crippen LogP contribution is -2.37. The maximum atomic E-state index is 9.35. The first-order valence-electron chi connectivity index (χ1n) is 7.38. The molecule has 1 atom stereocenters. The summed E-state index contributed by atoms with van der Waals surface area (Å²) in [6.45, 7) is 3.94. The number of para-hydroxylation sites is 1. The van der Waals surface area contributed by atoms with Crippen LogP contribution in [0.2, 0.25) is 0 Å². The Labute approximate surface area is 115 Å². The Bertz CT molecular complexity index is 440. The molecule has 3 heteroatoms. The molecule has 1 aliphatic heterocycles. The summed E-state index contributed by atoms with van der Waals surface area (Å²) in [5.41, 5.74) is 2.53. The Morgan fingerprint density at radius 1 is 1.37 bits per heavy atom. The van der Waals surface area contributed by atoms with Crippen LogP contribution < -0.4 is 10.1 Å². The van der Waals surface area contributed by atoms with Crippen LogP contribution in [0, 0.1) is 12.8 Å². The Kier molecular flexibility index (Phi) is 3.76. The highest BCUT2D eigenvalue weighted by Gasteiger charge is 2.28. The van der Waals surface area contributed by atoms with Gasteiger partial charge in [0.15, 0.2) is 0 Å². The fourth-order valence-corrected chi connectivity index (χ4v) is 3.15. The third kappa shape index (κ3) is 2.77. The number of ether oxygens (including phenoxy) is 1. The van der Waals surface area contributed by atoms with E-state index in [-0.39, 0.29) is 6.10 Å². The van der Waals surface area contributed by atoms with E-state index in [1.807, 2.05) is 0 Å². The van der Waals surface area contributed by atoms with Gasteiger partial charge in [-0.05, 0) is 50.6 Å². The van der Waals surface area contributed by atoms with Crippen molar-refractivity contribution in [2.24, 2.45) is 5.92 Å². The van der Waals surface area contributed by atoms with Gasteiger partial charge in [-0.3, -0.25) is 0 Å². The molecule has 1 aliphatic carbocycles. The average Bonchev–Trinajstić information content (AvgIpc) is 2.57. The number of hydrogen-bond acceptors (Lipinski definition) is 3. The normalized spacial score (nSPS) is 29.9. The average molecular weight is 261 g/mol. The van der Waals surface area contributed by atoms with Crippen molar-refractivity contribution in [2.75, 3.05) is 13.2 Å². The van der Waals surface area contributed by atoms with Gasteiger partial charge in [0.1, 0.15) is 5.75 Å². The maximum Gasteiger partial charge on any atom is 0.126 e. The molecule has 19 heavy (non-hydrogen) atoms. The lowest BCUT2D eigenvalue weighted by molar-refractivity contribution is 0.0417. The lowest BCUT2D eigenvalue weighted by atomic mass is 9.82. The predicted molar refractivity (Wildman–Crippen MR) is 75.4 cm³/mol. The third-order valence-corrected chi connectivity index (χ3v) is 4.37. The largest absolute Gasteiger partial charge is 0.493 e. The van der Waals surface area contributed by atoms with Gasteiger partial charge >= 0.3 is 0 Å². The van der Waals surface area contributed by atoms with E-state index in [2.05, 4.69) is 30.4 Å². The molecule has 1 aromatic rings. The lowest BCUT2D eigenvalue weighted by Gasteiger charge is -2.33. The zero-order chi connectivity index (χ0) is 13.2. The van der Waals surface area contributed by atoms with E-state index in [0.29, 0.717) is 12.0 Å². The summed E-state index contributed by atoms with van der Waals surface area (Å²) in [5.74, 6) is 1.72. The van der Waals surface area contributed by atoms with Crippen molar-refractivity contribution in [3.05, 3.63) is 29.3 Å². The molecule has 1 aromatic carbocycles. The van der Waals surface area contributed by atoms with Gasteiger partial charge in [0, 0.05) is 11.6 Å². The van der Waals surface area contributed by atoms with Gasteiger partial charge < -0.3 is 15.2 Å². The number of hydrogen-bond donors (Lipinski definition) is 2. The molecule has 0 amide bonds. The van der Waals surface area contributed by atoms with Gasteiger partial charge in [0.2, 0.25) is 0 Å². The van der Waals surface area contributed by atoms with Crippen LogP contribution in [0.4, 0.5) is 0 Å². The Morgan fingerprint density at radius 2 is 2.21 bits per heavy atom. The maximum absolute atomic E-state index is 9.35. The SMILES string of the molecule is Cc1cccc2c1OCCCC2NCC1CC(O)C1. The minimum atomic E-state index is -0.0567. The van der Waals surface area contributed by atoms with E-state index >= 15 is 0 Å². The van der Waals surface area contributed by atoms with Gasteiger partial charge in [0.25, 0.3) is 0 Å². The molecule has 2 N–H and O–H groups in total. The van der Waals surface area contributed by atoms with Crippen LogP contribution in [0.3, 0.4) is 0 Å². The molecule has 0 radical (unpaired) electrons. The molecule has 3 nitrogen and oxygen atoms in total. The fourth-order valence-electron chi connectivity index (χ4n) is 3.15. The Morgan fingerprint density at radius 3 is 3.00 bits per heavy atom. The first-order chi connectivity index (χ1) is 9.24.